The predicted molar refractivity (Wildman–Crippen MR) is 50.0 cm³/mol. The van der Waals surface area contributed by atoms with Crippen molar-refractivity contribution in [2.24, 2.45) is 5.92 Å². The molecular weight excluding hydrogens is 186 g/mol. The van der Waals surface area contributed by atoms with E-state index in [0.717, 1.165) is 12.3 Å². The minimum atomic E-state index is -0.646. The van der Waals surface area contributed by atoms with E-state index in [-0.39, 0.29) is 11.9 Å². The Morgan fingerprint density at radius 1 is 1.50 bits per heavy atom. The summed E-state index contributed by atoms with van der Waals surface area (Å²) in [5.41, 5.74) is 0. The maximum absolute atomic E-state index is 13.1. The quantitative estimate of drug-likeness (QED) is 0.807. The zero-order chi connectivity index (χ0) is 10.1. The third-order valence-electron chi connectivity index (χ3n) is 2.50. The van der Waals surface area contributed by atoms with Crippen LogP contribution >= 0.6 is 0 Å². The second kappa shape index (κ2) is 3.52. The summed E-state index contributed by atoms with van der Waals surface area (Å²) >= 11 is 0. The molecule has 4 heteroatoms. The summed E-state index contributed by atoms with van der Waals surface area (Å²) in [7, 11) is 0. The molecule has 76 valence electrons. The Kier molecular flexibility index (Phi) is 2.35. The Morgan fingerprint density at radius 3 is 2.79 bits per heavy atom. The van der Waals surface area contributed by atoms with Gasteiger partial charge in [-0.1, -0.05) is 0 Å². The Hall–Kier alpha value is -1.19. The van der Waals surface area contributed by atoms with Crippen molar-refractivity contribution >= 4 is 5.82 Å². The molecule has 14 heavy (non-hydrogen) atoms. The van der Waals surface area contributed by atoms with E-state index in [2.05, 4.69) is 10.3 Å². The largest absolute Gasteiger partial charge is 0.365 e. The lowest BCUT2D eigenvalue weighted by Gasteiger charge is -2.13. The van der Waals surface area contributed by atoms with Crippen LogP contribution in [0.2, 0.25) is 0 Å². The van der Waals surface area contributed by atoms with Crippen LogP contribution in [0.5, 0.6) is 0 Å². The number of anilines is 1. The molecule has 1 aliphatic rings. The van der Waals surface area contributed by atoms with Gasteiger partial charge in [-0.15, -0.1) is 0 Å². The summed E-state index contributed by atoms with van der Waals surface area (Å²) in [6, 6.07) is 1.05. The summed E-state index contributed by atoms with van der Waals surface area (Å²) in [4.78, 5) is 3.67. The van der Waals surface area contributed by atoms with Gasteiger partial charge in [0.05, 0.1) is 6.20 Å². The summed E-state index contributed by atoms with van der Waals surface area (Å²) < 4.78 is 25.7. The maximum atomic E-state index is 13.1. The van der Waals surface area contributed by atoms with Crippen LogP contribution in [-0.2, 0) is 0 Å². The smallest absolute Gasteiger partial charge is 0.168 e. The van der Waals surface area contributed by atoms with Gasteiger partial charge in [-0.2, -0.15) is 0 Å². The number of pyridine rings is 1. The molecule has 1 aromatic rings. The monoisotopic (exact) mass is 198 g/mol. The highest BCUT2D eigenvalue weighted by atomic mass is 19.1. The van der Waals surface area contributed by atoms with E-state index in [1.165, 1.54) is 12.8 Å². The lowest BCUT2D eigenvalue weighted by molar-refractivity contribution is 0.570. The first-order valence-electron chi connectivity index (χ1n) is 4.74. The van der Waals surface area contributed by atoms with Crippen LogP contribution in [0.3, 0.4) is 0 Å². The number of nitrogens with zero attached hydrogens (tertiary/aromatic N) is 1. The van der Waals surface area contributed by atoms with Gasteiger partial charge >= 0.3 is 0 Å². The Balaban J connectivity index is 2.07. The average Bonchev–Trinajstić information content (AvgIpc) is 2.92. The van der Waals surface area contributed by atoms with Crippen LogP contribution < -0.4 is 5.32 Å². The molecule has 1 atom stereocenters. The standard InChI is InChI=1S/C10H12F2N2/c1-6(7-2-3-7)14-10-9(12)4-8(11)5-13-10/h4-7H,2-3H2,1H3,(H,13,14). The van der Waals surface area contributed by atoms with Crippen LogP contribution in [0.15, 0.2) is 12.3 Å². The van der Waals surface area contributed by atoms with E-state index in [1.807, 2.05) is 6.92 Å². The highest BCUT2D eigenvalue weighted by molar-refractivity contribution is 5.37. The molecule has 1 heterocycles. The fraction of sp³-hybridized carbons (Fsp3) is 0.500. The lowest BCUT2D eigenvalue weighted by atomic mass is 10.2. The number of rotatable bonds is 3. The van der Waals surface area contributed by atoms with Gasteiger partial charge in [0.25, 0.3) is 0 Å². The van der Waals surface area contributed by atoms with Crippen molar-refractivity contribution in [3.63, 3.8) is 0 Å². The zero-order valence-electron chi connectivity index (χ0n) is 7.93. The molecule has 0 amide bonds. The second-order valence-electron chi connectivity index (χ2n) is 3.75. The van der Waals surface area contributed by atoms with Crippen molar-refractivity contribution in [3.8, 4) is 0 Å². The molecule has 2 nitrogen and oxygen atoms in total. The fourth-order valence-electron chi connectivity index (χ4n) is 1.45. The van der Waals surface area contributed by atoms with Crippen molar-refractivity contribution < 1.29 is 8.78 Å². The summed E-state index contributed by atoms with van der Waals surface area (Å²) in [5, 5.41) is 2.95. The average molecular weight is 198 g/mol. The zero-order valence-corrected chi connectivity index (χ0v) is 7.93. The summed E-state index contributed by atoms with van der Waals surface area (Å²) in [6.45, 7) is 1.99. The van der Waals surface area contributed by atoms with Crippen molar-refractivity contribution in [1.29, 1.82) is 0 Å². The first-order valence-corrected chi connectivity index (χ1v) is 4.74. The van der Waals surface area contributed by atoms with Crippen molar-refractivity contribution in [1.82, 2.24) is 4.98 Å². The second-order valence-corrected chi connectivity index (χ2v) is 3.75. The van der Waals surface area contributed by atoms with Gasteiger partial charge in [0.1, 0.15) is 5.82 Å². The van der Waals surface area contributed by atoms with Gasteiger partial charge in [0.2, 0.25) is 0 Å². The summed E-state index contributed by atoms with van der Waals surface area (Å²) in [5.74, 6) is -0.517. The highest BCUT2D eigenvalue weighted by Crippen LogP contribution is 2.33. The predicted octanol–water partition coefficient (Wildman–Crippen LogP) is 2.57. The van der Waals surface area contributed by atoms with Crippen LogP contribution in [0.1, 0.15) is 19.8 Å². The van der Waals surface area contributed by atoms with Crippen molar-refractivity contribution in [3.05, 3.63) is 23.9 Å². The van der Waals surface area contributed by atoms with Crippen LogP contribution in [0.4, 0.5) is 14.6 Å². The SMILES string of the molecule is CC(Nc1ncc(F)cc1F)C1CC1. The molecule has 2 rings (SSSR count). The molecule has 0 aliphatic heterocycles. The first-order chi connectivity index (χ1) is 6.66. The minimum absolute atomic E-state index is 0.144. The number of nitrogens with one attached hydrogen (secondary N) is 1. The van der Waals surface area contributed by atoms with Crippen LogP contribution in [0.25, 0.3) is 0 Å². The third kappa shape index (κ3) is 2.00. The fourth-order valence-corrected chi connectivity index (χ4v) is 1.45. The van der Waals surface area contributed by atoms with E-state index in [0.29, 0.717) is 5.92 Å². The third-order valence-corrected chi connectivity index (χ3v) is 2.50. The maximum Gasteiger partial charge on any atom is 0.168 e. The number of hydrogen-bond donors (Lipinski definition) is 1. The van der Waals surface area contributed by atoms with Crippen molar-refractivity contribution in [2.75, 3.05) is 5.32 Å². The van der Waals surface area contributed by atoms with Gasteiger partial charge in [0, 0.05) is 12.1 Å². The molecule has 0 spiro atoms. The van der Waals surface area contributed by atoms with Gasteiger partial charge < -0.3 is 5.32 Å². The molecule has 0 saturated heterocycles. The Bertz CT molecular complexity index is 337. The van der Waals surface area contributed by atoms with E-state index >= 15 is 0 Å². The number of halogens is 2. The van der Waals surface area contributed by atoms with Crippen LogP contribution in [0, 0.1) is 17.6 Å². The number of aromatic nitrogens is 1. The topological polar surface area (TPSA) is 24.9 Å². The molecule has 0 bridgehead atoms. The first kappa shape index (κ1) is 9.37. The van der Waals surface area contributed by atoms with Crippen molar-refractivity contribution in [2.45, 2.75) is 25.8 Å². The molecule has 1 aromatic heterocycles. The van der Waals surface area contributed by atoms with Gasteiger partial charge in [0.15, 0.2) is 11.6 Å². The van der Waals surface area contributed by atoms with E-state index < -0.39 is 11.6 Å². The molecule has 1 saturated carbocycles. The van der Waals surface area contributed by atoms with E-state index in [4.69, 9.17) is 0 Å². The summed E-state index contributed by atoms with van der Waals surface area (Å²) in [6.07, 6.45) is 3.37. The van der Waals surface area contributed by atoms with Gasteiger partial charge in [-0.3, -0.25) is 0 Å². The molecule has 1 N–H and O–H groups in total. The van der Waals surface area contributed by atoms with Crippen LogP contribution in [-0.4, -0.2) is 11.0 Å². The normalized spacial score (nSPS) is 17.9. The molecule has 0 radical (unpaired) electrons. The minimum Gasteiger partial charge on any atom is -0.365 e. The lowest BCUT2D eigenvalue weighted by Crippen LogP contribution is -2.19. The Morgan fingerprint density at radius 2 is 2.21 bits per heavy atom. The Labute approximate surface area is 81.4 Å². The molecule has 1 unspecified atom stereocenters. The molecule has 0 aromatic carbocycles. The highest BCUT2D eigenvalue weighted by Gasteiger charge is 2.28. The van der Waals surface area contributed by atoms with E-state index in [9.17, 15) is 8.78 Å². The molecule has 1 aliphatic carbocycles. The number of hydrogen-bond acceptors (Lipinski definition) is 2. The van der Waals surface area contributed by atoms with E-state index in [1.54, 1.807) is 0 Å². The van der Waals surface area contributed by atoms with Gasteiger partial charge in [-0.05, 0) is 25.7 Å². The molecule has 1 fully saturated rings. The molecular formula is C10H12F2N2. The van der Waals surface area contributed by atoms with Gasteiger partial charge in [-0.25, -0.2) is 13.8 Å².